The Hall–Kier alpha value is -0.960. The average molecular weight is 166 g/mol. The lowest BCUT2D eigenvalue weighted by molar-refractivity contribution is 0.177. The Balaban J connectivity index is 2.81. The number of nitrogens with zero attached hydrogens (tertiary/aromatic N) is 2. The summed E-state index contributed by atoms with van der Waals surface area (Å²) >= 11 is 0. The summed E-state index contributed by atoms with van der Waals surface area (Å²) in [5.41, 5.74) is 1.07. The van der Waals surface area contributed by atoms with Crippen LogP contribution in [-0.2, 0) is 11.3 Å². The maximum absolute atomic E-state index is 4.94. The number of rotatable bonds is 3. The summed E-state index contributed by atoms with van der Waals surface area (Å²) in [6.45, 7) is 4.71. The normalized spacial score (nSPS) is 10.7. The van der Waals surface area contributed by atoms with Crippen LogP contribution in [0.25, 0.3) is 0 Å². The van der Waals surface area contributed by atoms with Gasteiger partial charge in [0.1, 0.15) is 6.61 Å². The molecule has 0 saturated carbocycles. The molecule has 0 unspecified atom stereocenters. The van der Waals surface area contributed by atoms with Crippen molar-refractivity contribution in [3.63, 3.8) is 0 Å². The smallest absolute Gasteiger partial charge is 0.154 e. The Morgan fingerprint density at radius 1 is 1.50 bits per heavy atom. The van der Waals surface area contributed by atoms with E-state index in [1.165, 1.54) is 0 Å². The third-order valence-corrected chi connectivity index (χ3v) is 1.59. The maximum Gasteiger partial charge on any atom is 0.154 e. The van der Waals surface area contributed by atoms with Crippen LogP contribution in [0.5, 0.6) is 0 Å². The van der Waals surface area contributed by atoms with Crippen molar-refractivity contribution in [3.05, 3.63) is 23.8 Å². The van der Waals surface area contributed by atoms with E-state index >= 15 is 0 Å². The zero-order valence-corrected chi connectivity index (χ0v) is 7.74. The second-order valence-electron chi connectivity index (χ2n) is 2.99. The van der Waals surface area contributed by atoms with Gasteiger partial charge in [0.2, 0.25) is 0 Å². The molecule has 3 nitrogen and oxygen atoms in total. The molecule has 0 aromatic carbocycles. The van der Waals surface area contributed by atoms with Crippen LogP contribution in [0.3, 0.4) is 0 Å². The van der Waals surface area contributed by atoms with E-state index in [4.69, 9.17) is 4.74 Å². The van der Waals surface area contributed by atoms with E-state index in [1.54, 1.807) is 13.3 Å². The molecule has 0 radical (unpaired) electrons. The topological polar surface area (TPSA) is 35.0 Å². The fraction of sp³-hybridized carbons (Fsp3) is 0.556. The molecule has 1 rings (SSSR count). The number of methoxy groups -OCH3 is 1. The first kappa shape index (κ1) is 9.13. The molecular weight excluding hydrogens is 152 g/mol. The molecule has 0 fully saturated rings. The molecule has 0 spiro atoms. The molecular formula is C9H14N2O. The molecule has 0 aliphatic heterocycles. The van der Waals surface area contributed by atoms with Crippen LogP contribution in [0.1, 0.15) is 31.3 Å². The highest BCUT2D eigenvalue weighted by Gasteiger charge is 2.01. The second-order valence-corrected chi connectivity index (χ2v) is 2.99. The van der Waals surface area contributed by atoms with Crippen LogP contribution in [0.4, 0.5) is 0 Å². The van der Waals surface area contributed by atoms with Crippen molar-refractivity contribution in [2.24, 2.45) is 0 Å². The molecule has 0 N–H and O–H groups in total. The largest absolute Gasteiger partial charge is 0.377 e. The van der Waals surface area contributed by atoms with Gasteiger partial charge in [0.05, 0.1) is 0 Å². The zero-order valence-electron chi connectivity index (χ0n) is 7.74. The summed E-state index contributed by atoms with van der Waals surface area (Å²) in [7, 11) is 1.64. The molecule has 1 aromatic heterocycles. The summed E-state index contributed by atoms with van der Waals surface area (Å²) in [5.74, 6) is 1.20. The predicted molar refractivity (Wildman–Crippen MR) is 46.8 cm³/mol. The number of hydrogen-bond donors (Lipinski definition) is 0. The van der Waals surface area contributed by atoms with Crippen LogP contribution in [0, 0.1) is 0 Å². The molecule has 3 heteroatoms. The Morgan fingerprint density at radius 2 is 2.25 bits per heavy atom. The Morgan fingerprint density at radius 3 is 2.83 bits per heavy atom. The average Bonchev–Trinajstić information content (AvgIpc) is 2.05. The van der Waals surface area contributed by atoms with Crippen molar-refractivity contribution in [2.45, 2.75) is 26.4 Å². The standard InChI is InChI=1S/C9H14N2O/c1-7(2)8-4-5-10-9(11-8)6-12-3/h4-5,7H,6H2,1-3H3. The van der Waals surface area contributed by atoms with Gasteiger partial charge in [-0.05, 0) is 12.0 Å². The summed E-state index contributed by atoms with van der Waals surface area (Å²) < 4.78 is 4.94. The van der Waals surface area contributed by atoms with E-state index in [-0.39, 0.29) is 0 Å². The van der Waals surface area contributed by atoms with Gasteiger partial charge in [0.15, 0.2) is 5.82 Å². The van der Waals surface area contributed by atoms with Gasteiger partial charge in [-0.2, -0.15) is 0 Å². The Labute approximate surface area is 72.8 Å². The summed E-state index contributed by atoms with van der Waals surface area (Å²) in [6.07, 6.45) is 1.77. The molecule has 0 atom stereocenters. The van der Waals surface area contributed by atoms with E-state index < -0.39 is 0 Å². The van der Waals surface area contributed by atoms with Gasteiger partial charge in [-0.15, -0.1) is 0 Å². The van der Waals surface area contributed by atoms with Crippen molar-refractivity contribution in [1.29, 1.82) is 0 Å². The van der Waals surface area contributed by atoms with Crippen molar-refractivity contribution < 1.29 is 4.74 Å². The highest BCUT2D eigenvalue weighted by Crippen LogP contribution is 2.09. The Kier molecular flexibility index (Phi) is 3.17. The third-order valence-electron chi connectivity index (χ3n) is 1.59. The van der Waals surface area contributed by atoms with Crippen LogP contribution in [-0.4, -0.2) is 17.1 Å². The van der Waals surface area contributed by atoms with E-state index in [1.807, 2.05) is 6.07 Å². The number of hydrogen-bond acceptors (Lipinski definition) is 3. The van der Waals surface area contributed by atoms with Gasteiger partial charge in [0, 0.05) is 19.0 Å². The van der Waals surface area contributed by atoms with Crippen LogP contribution >= 0.6 is 0 Å². The fourth-order valence-corrected chi connectivity index (χ4v) is 0.935. The minimum atomic E-state index is 0.448. The van der Waals surface area contributed by atoms with Crippen LogP contribution in [0.15, 0.2) is 12.3 Å². The van der Waals surface area contributed by atoms with Gasteiger partial charge < -0.3 is 4.74 Å². The fourth-order valence-electron chi connectivity index (χ4n) is 0.935. The SMILES string of the molecule is COCc1nccc(C(C)C)n1. The highest BCUT2D eigenvalue weighted by atomic mass is 16.5. The molecule has 1 heterocycles. The second kappa shape index (κ2) is 4.16. The minimum Gasteiger partial charge on any atom is -0.377 e. The quantitative estimate of drug-likeness (QED) is 0.686. The predicted octanol–water partition coefficient (Wildman–Crippen LogP) is 1.75. The summed E-state index contributed by atoms with van der Waals surface area (Å²) in [4.78, 5) is 8.40. The first-order chi connectivity index (χ1) is 5.74. The van der Waals surface area contributed by atoms with E-state index in [0.29, 0.717) is 12.5 Å². The lowest BCUT2D eigenvalue weighted by Gasteiger charge is -2.04. The lowest BCUT2D eigenvalue weighted by atomic mass is 10.1. The van der Waals surface area contributed by atoms with E-state index in [9.17, 15) is 0 Å². The van der Waals surface area contributed by atoms with Gasteiger partial charge in [-0.25, -0.2) is 9.97 Å². The summed E-state index contributed by atoms with van der Waals surface area (Å²) in [5, 5.41) is 0. The first-order valence-electron chi connectivity index (χ1n) is 4.04. The Bertz CT molecular complexity index is 248. The van der Waals surface area contributed by atoms with Gasteiger partial charge in [0.25, 0.3) is 0 Å². The van der Waals surface area contributed by atoms with Gasteiger partial charge in [-0.1, -0.05) is 13.8 Å². The first-order valence-corrected chi connectivity index (χ1v) is 4.04. The minimum absolute atomic E-state index is 0.448. The molecule has 0 bridgehead atoms. The van der Waals surface area contributed by atoms with Crippen molar-refractivity contribution in [3.8, 4) is 0 Å². The molecule has 0 saturated heterocycles. The zero-order chi connectivity index (χ0) is 8.97. The van der Waals surface area contributed by atoms with Crippen LogP contribution < -0.4 is 0 Å². The van der Waals surface area contributed by atoms with E-state index in [0.717, 1.165) is 11.5 Å². The molecule has 12 heavy (non-hydrogen) atoms. The number of aromatic nitrogens is 2. The summed E-state index contributed by atoms with van der Waals surface area (Å²) in [6, 6.07) is 1.93. The lowest BCUT2D eigenvalue weighted by Crippen LogP contribution is -2.00. The monoisotopic (exact) mass is 166 g/mol. The highest BCUT2D eigenvalue weighted by molar-refractivity contribution is 5.05. The van der Waals surface area contributed by atoms with E-state index in [2.05, 4.69) is 23.8 Å². The van der Waals surface area contributed by atoms with Crippen molar-refractivity contribution in [1.82, 2.24) is 9.97 Å². The molecule has 1 aromatic rings. The molecule has 0 amide bonds. The molecule has 0 aliphatic rings. The van der Waals surface area contributed by atoms with Gasteiger partial charge >= 0.3 is 0 Å². The van der Waals surface area contributed by atoms with Crippen LogP contribution in [0.2, 0.25) is 0 Å². The van der Waals surface area contributed by atoms with Gasteiger partial charge in [-0.3, -0.25) is 0 Å². The van der Waals surface area contributed by atoms with Crippen molar-refractivity contribution >= 4 is 0 Å². The third kappa shape index (κ3) is 2.27. The maximum atomic E-state index is 4.94. The molecule has 0 aliphatic carbocycles. The molecule has 66 valence electrons. The number of ether oxygens (including phenoxy) is 1. The van der Waals surface area contributed by atoms with Crippen molar-refractivity contribution in [2.75, 3.05) is 7.11 Å².